The molecule has 6 nitrogen and oxygen atoms in total. The van der Waals surface area contributed by atoms with E-state index in [2.05, 4.69) is 15.6 Å². The van der Waals surface area contributed by atoms with Gasteiger partial charge in [0.25, 0.3) is 5.91 Å². The van der Waals surface area contributed by atoms with Crippen molar-refractivity contribution in [3.63, 3.8) is 0 Å². The third-order valence-electron chi connectivity index (χ3n) is 4.82. The molecular formula is C23H20N4O2. The first-order valence-corrected chi connectivity index (χ1v) is 9.21. The van der Waals surface area contributed by atoms with Gasteiger partial charge in [0, 0.05) is 5.56 Å². The van der Waals surface area contributed by atoms with Gasteiger partial charge in [0.1, 0.15) is 5.75 Å². The minimum absolute atomic E-state index is 0.0827. The van der Waals surface area contributed by atoms with Crippen LogP contribution >= 0.6 is 0 Å². The van der Waals surface area contributed by atoms with E-state index in [1.165, 1.54) is 0 Å². The second-order valence-corrected chi connectivity index (χ2v) is 6.75. The Kier molecular flexibility index (Phi) is 4.83. The van der Waals surface area contributed by atoms with Crippen LogP contribution in [0.3, 0.4) is 0 Å². The minimum atomic E-state index is -0.477. The van der Waals surface area contributed by atoms with Crippen LogP contribution in [0.2, 0.25) is 0 Å². The molecule has 4 rings (SSSR count). The van der Waals surface area contributed by atoms with Gasteiger partial charge in [-0.2, -0.15) is 10.2 Å². The maximum Gasteiger partial charge on any atom is 0.275 e. The molecule has 0 saturated heterocycles. The number of nitrogens with one attached hydrogen (secondary N) is 1. The van der Waals surface area contributed by atoms with Crippen molar-refractivity contribution in [2.75, 3.05) is 0 Å². The van der Waals surface area contributed by atoms with Gasteiger partial charge in [-0.05, 0) is 48.9 Å². The zero-order valence-corrected chi connectivity index (χ0v) is 16.1. The number of hydrazone groups is 1. The number of para-hydroxylation sites is 1. The Labute approximate surface area is 168 Å². The van der Waals surface area contributed by atoms with Crippen molar-refractivity contribution in [1.29, 1.82) is 0 Å². The highest BCUT2D eigenvalue weighted by Crippen LogP contribution is 2.25. The first-order chi connectivity index (χ1) is 14.0. The number of nitrogens with zero attached hydrogens (tertiary/aromatic N) is 3. The lowest BCUT2D eigenvalue weighted by Crippen LogP contribution is -2.17. The number of hydrogen-bond acceptors (Lipinski definition) is 4. The minimum Gasteiger partial charge on any atom is -0.507 e. The second-order valence-electron chi connectivity index (χ2n) is 6.75. The normalized spacial score (nSPS) is 11.2. The maximum atomic E-state index is 12.5. The lowest BCUT2D eigenvalue weighted by Gasteiger charge is -2.06. The average Bonchev–Trinajstić information content (AvgIpc) is 3.02. The molecule has 1 aromatic heterocycles. The Morgan fingerprint density at radius 3 is 2.41 bits per heavy atom. The molecule has 144 valence electrons. The van der Waals surface area contributed by atoms with Gasteiger partial charge in [-0.15, -0.1) is 0 Å². The van der Waals surface area contributed by atoms with E-state index in [9.17, 15) is 9.90 Å². The summed E-state index contributed by atoms with van der Waals surface area (Å²) in [6.07, 6.45) is 1.58. The average molecular weight is 384 g/mol. The zero-order valence-electron chi connectivity index (χ0n) is 16.1. The SMILES string of the molecule is Cc1nn(-c2ccccc2)c(C)c1C=NNC(=O)c1cc2ccccc2cc1O. The van der Waals surface area contributed by atoms with Gasteiger partial charge in [-0.3, -0.25) is 4.79 Å². The van der Waals surface area contributed by atoms with Crippen molar-refractivity contribution in [3.8, 4) is 11.4 Å². The molecule has 0 bridgehead atoms. The summed E-state index contributed by atoms with van der Waals surface area (Å²) < 4.78 is 1.84. The first-order valence-electron chi connectivity index (χ1n) is 9.21. The highest BCUT2D eigenvalue weighted by molar-refractivity contribution is 6.01. The van der Waals surface area contributed by atoms with Crippen molar-refractivity contribution in [3.05, 3.63) is 89.2 Å². The molecule has 0 fully saturated rings. The number of fused-ring (bicyclic) bond motifs is 1. The van der Waals surface area contributed by atoms with Gasteiger partial charge < -0.3 is 5.11 Å². The topological polar surface area (TPSA) is 79.5 Å². The number of carbonyl (C=O) groups is 1. The van der Waals surface area contributed by atoms with Crippen LogP contribution in [0.5, 0.6) is 5.75 Å². The Balaban J connectivity index is 1.56. The fourth-order valence-electron chi connectivity index (χ4n) is 3.29. The van der Waals surface area contributed by atoms with Crippen molar-refractivity contribution in [2.24, 2.45) is 5.10 Å². The number of phenols is 1. The van der Waals surface area contributed by atoms with Crippen LogP contribution in [0.1, 0.15) is 27.3 Å². The van der Waals surface area contributed by atoms with E-state index in [4.69, 9.17) is 0 Å². The number of carbonyl (C=O) groups excluding carboxylic acids is 1. The van der Waals surface area contributed by atoms with Gasteiger partial charge >= 0.3 is 0 Å². The van der Waals surface area contributed by atoms with Crippen LogP contribution < -0.4 is 5.43 Å². The smallest absolute Gasteiger partial charge is 0.275 e. The highest BCUT2D eigenvalue weighted by Gasteiger charge is 2.13. The summed E-state index contributed by atoms with van der Waals surface area (Å²) in [5.74, 6) is -0.559. The van der Waals surface area contributed by atoms with E-state index in [1.54, 1.807) is 18.3 Å². The van der Waals surface area contributed by atoms with Gasteiger partial charge in [0.05, 0.1) is 28.9 Å². The van der Waals surface area contributed by atoms with Crippen LogP contribution in [0.4, 0.5) is 0 Å². The molecule has 0 aliphatic rings. The number of aromatic nitrogens is 2. The number of phenolic OH excluding ortho intramolecular Hbond substituents is 1. The molecule has 4 aromatic rings. The van der Waals surface area contributed by atoms with E-state index < -0.39 is 5.91 Å². The summed E-state index contributed by atoms with van der Waals surface area (Å²) in [5.41, 5.74) is 6.17. The Hall–Kier alpha value is -3.93. The molecule has 0 saturated carbocycles. The molecule has 6 heteroatoms. The quantitative estimate of drug-likeness (QED) is 0.410. The van der Waals surface area contributed by atoms with E-state index >= 15 is 0 Å². The molecule has 3 aromatic carbocycles. The molecule has 1 amide bonds. The maximum absolute atomic E-state index is 12.5. The second kappa shape index (κ2) is 7.59. The lowest BCUT2D eigenvalue weighted by atomic mass is 10.1. The van der Waals surface area contributed by atoms with E-state index in [0.29, 0.717) is 0 Å². The molecule has 0 aliphatic carbocycles. The molecule has 0 unspecified atom stereocenters. The predicted octanol–water partition coefficient (Wildman–Crippen LogP) is 4.11. The van der Waals surface area contributed by atoms with Crippen molar-refractivity contribution in [1.82, 2.24) is 15.2 Å². The van der Waals surface area contributed by atoms with Crippen LogP contribution in [0.15, 0.2) is 71.8 Å². The molecule has 0 aliphatic heterocycles. The molecule has 2 N–H and O–H groups in total. The standard InChI is InChI=1S/C23H20N4O2/c1-15-21(16(2)27(26-15)19-10-4-3-5-11-19)14-24-25-23(29)20-12-17-8-6-7-9-18(17)13-22(20)28/h3-14,28H,1-2H3,(H,25,29). The number of amides is 1. The summed E-state index contributed by atoms with van der Waals surface area (Å²) in [6.45, 7) is 3.84. The molecule has 0 radical (unpaired) electrons. The van der Waals surface area contributed by atoms with Crippen LogP contribution in [0.25, 0.3) is 16.5 Å². The van der Waals surface area contributed by atoms with Crippen LogP contribution in [-0.4, -0.2) is 27.0 Å². The Morgan fingerprint density at radius 2 is 1.69 bits per heavy atom. The fraction of sp³-hybridized carbons (Fsp3) is 0.0870. The Bertz CT molecular complexity index is 1230. The van der Waals surface area contributed by atoms with Crippen molar-refractivity contribution >= 4 is 22.9 Å². The Morgan fingerprint density at radius 1 is 1.03 bits per heavy atom. The van der Waals surface area contributed by atoms with Crippen molar-refractivity contribution in [2.45, 2.75) is 13.8 Å². The van der Waals surface area contributed by atoms with Crippen LogP contribution in [0, 0.1) is 13.8 Å². The predicted molar refractivity (Wildman–Crippen MR) is 114 cm³/mol. The first kappa shape index (κ1) is 18.4. The summed E-state index contributed by atoms with van der Waals surface area (Å²) in [5, 5.41) is 20.6. The van der Waals surface area contributed by atoms with Gasteiger partial charge in [-0.25, -0.2) is 10.1 Å². The summed E-state index contributed by atoms with van der Waals surface area (Å²) in [6, 6.07) is 20.6. The number of aryl methyl sites for hydroxylation is 1. The fourth-order valence-corrected chi connectivity index (χ4v) is 3.29. The van der Waals surface area contributed by atoms with E-state index in [0.717, 1.165) is 33.4 Å². The third-order valence-corrected chi connectivity index (χ3v) is 4.82. The largest absolute Gasteiger partial charge is 0.507 e. The van der Waals surface area contributed by atoms with E-state index in [1.807, 2.05) is 73.1 Å². The number of rotatable bonds is 4. The third kappa shape index (κ3) is 3.60. The molecule has 1 heterocycles. The number of hydrogen-bond donors (Lipinski definition) is 2. The van der Waals surface area contributed by atoms with E-state index in [-0.39, 0.29) is 11.3 Å². The van der Waals surface area contributed by atoms with Crippen LogP contribution in [-0.2, 0) is 0 Å². The molecule has 0 spiro atoms. The monoisotopic (exact) mass is 384 g/mol. The molecule has 0 atom stereocenters. The number of benzene rings is 3. The van der Waals surface area contributed by atoms with Gasteiger partial charge in [-0.1, -0.05) is 42.5 Å². The highest BCUT2D eigenvalue weighted by atomic mass is 16.3. The summed E-state index contributed by atoms with van der Waals surface area (Å²) in [4.78, 5) is 12.5. The van der Waals surface area contributed by atoms with Crippen molar-refractivity contribution < 1.29 is 9.90 Å². The number of aromatic hydroxyl groups is 1. The van der Waals surface area contributed by atoms with Gasteiger partial charge in [0.2, 0.25) is 0 Å². The molecule has 29 heavy (non-hydrogen) atoms. The zero-order chi connectivity index (χ0) is 20.4. The molecular weight excluding hydrogens is 364 g/mol. The summed E-state index contributed by atoms with van der Waals surface area (Å²) in [7, 11) is 0. The summed E-state index contributed by atoms with van der Waals surface area (Å²) >= 11 is 0. The van der Waals surface area contributed by atoms with Gasteiger partial charge in [0.15, 0.2) is 0 Å². The lowest BCUT2D eigenvalue weighted by molar-refractivity contribution is 0.0952.